The molecule has 2 amide bonds. The van der Waals surface area contributed by atoms with Crippen LogP contribution in [-0.4, -0.2) is 26.0 Å². The molecule has 43 heavy (non-hydrogen) atoms. The standard InChI is InChI=1S/C22H21NO3.C14H12BrNO/c1-15-9-10-17(18-11-12-20(25-2)21(14-18)26-3)13-19(15)23-22(24)16-7-5-4-6-8-16;1-10-7-8-12(15)9-13(10)16-14(17)11-5-3-2-4-6-11/h4-14H,1-3H3,(H,23,24);2-9H,1H3,(H,16,17). The average molecular weight is 638 g/mol. The Morgan fingerprint density at radius 1 is 0.558 bits per heavy atom. The summed E-state index contributed by atoms with van der Waals surface area (Å²) in [6, 6.07) is 35.9. The molecule has 5 aromatic carbocycles. The number of hydrogen-bond donors (Lipinski definition) is 2. The van der Waals surface area contributed by atoms with E-state index in [-0.39, 0.29) is 11.8 Å². The van der Waals surface area contributed by atoms with E-state index in [1.807, 2.05) is 105 Å². The summed E-state index contributed by atoms with van der Waals surface area (Å²) < 4.78 is 11.6. The summed E-state index contributed by atoms with van der Waals surface area (Å²) in [4.78, 5) is 24.4. The van der Waals surface area contributed by atoms with Crippen LogP contribution < -0.4 is 20.1 Å². The number of rotatable bonds is 7. The van der Waals surface area contributed by atoms with E-state index in [0.29, 0.717) is 22.6 Å². The Balaban J connectivity index is 0.000000215. The van der Waals surface area contributed by atoms with Crippen LogP contribution in [0.5, 0.6) is 11.5 Å². The number of carbonyl (C=O) groups is 2. The van der Waals surface area contributed by atoms with Crippen molar-refractivity contribution in [1.29, 1.82) is 0 Å². The first-order valence-corrected chi connectivity index (χ1v) is 14.4. The number of benzene rings is 5. The highest BCUT2D eigenvalue weighted by Crippen LogP contribution is 2.34. The number of carbonyl (C=O) groups excluding carboxylic acids is 2. The lowest BCUT2D eigenvalue weighted by atomic mass is 10.0. The van der Waals surface area contributed by atoms with Gasteiger partial charge in [0.25, 0.3) is 11.8 Å². The molecular formula is C36H33BrN2O4. The lowest BCUT2D eigenvalue weighted by molar-refractivity contribution is 0.101. The SMILES string of the molecule is COc1ccc(-c2ccc(C)c(NC(=O)c3ccccc3)c2)cc1OC.Cc1ccc(Br)cc1NC(=O)c1ccccc1. The number of nitrogens with one attached hydrogen (secondary N) is 2. The van der Waals surface area contributed by atoms with E-state index in [9.17, 15) is 9.59 Å². The van der Waals surface area contributed by atoms with Gasteiger partial charge in [0.05, 0.1) is 14.2 Å². The van der Waals surface area contributed by atoms with Crippen LogP contribution in [0.2, 0.25) is 0 Å². The van der Waals surface area contributed by atoms with Gasteiger partial charge in [-0.3, -0.25) is 9.59 Å². The van der Waals surface area contributed by atoms with Crippen molar-refractivity contribution in [3.8, 4) is 22.6 Å². The molecule has 218 valence electrons. The molecule has 0 spiro atoms. The normalized spacial score (nSPS) is 10.2. The maximum absolute atomic E-state index is 12.5. The first-order chi connectivity index (χ1) is 20.8. The van der Waals surface area contributed by atoms with Crippen LogP contribution in [0.3, 0.4) is 0 Å². The minimum atomic E-state index is -0.127. The Morgan fingerprint density at radius 3 is 1.56 bits per heavy atom. The van der Waals surface area contributed by atoms with E-state index in [1.165, 1.54) is 0 Å². The fourth-order valence-corrected chi connectivity index (χ4v) is 4.61. The fraction of sp³-hybridized carbons (Fsp3) is 0.111. The van der Waals surface area contributed by atoms with Gasteiger partial charge in [-0.2, -0.15) is 0 Å². The third-order valence-electron chi connectivity index (χ3n) is 6.72. The van der Waals surface area contributed by atoms with Crippen molar-refractivity contribution in [2.24, 2.45) is 0 Å². The topological polar surface area (TPSA) is 76.7 Å². The number of hydrogen-bond acceptors (Lipinski definition) is 4. The molecule has 0 aliphatic heterocycles. The lowest BCUT2D eigenvalue weighted by Crippen LogP contribution is -2.12. The lowest BCUT2D eigenvalue weighted by Gasteiger charge is -2.13. The predicted molar refractivity (Wildman–Crippen MR) is 177 cm³/mol. The maximum atomic E-state index is 12.5. The van der Waals surface area contributed by atoms with Gasteiger partial charge in [-0.05, 0) is 90.7 Å². The molecule has 2 N–H and O–H groups in total. The second kappa shape index (κ2) is 14.8. The smallest absolute Gasteiger partial charge is 0.255 e. The number of ether oxygens (including phenoxy) is 2. The molecule has 5 rings (SSSR count). The largest absolute Gasteiger partial charge is 0.493 e. The minimum Gasteiger partial charge on any atom is -0.493 e. The van der Waals surface area contributed by atoms with Crippen LogP contribution in [0.1, 0.15) is 31.8 Å². The molecule has 0 heterocycles. The monoisotopic (exact) mass is 636 g/mol. The summed E-state index contributed by atoms with van der Waals surface area (Å²) in [5.41, 5.74) is 6.91. The number of anilines is 2. The Kier molecular flexibility index (Phi) is 10.7. The highest BCUT2D eigenvalue weighted by Gasteiger charge is 2.11. The Bertz CT molecular complexity index is 1710. The van der Waals surface area contributed by atoms with Gasteiger partial charge >= 0.3 is 0 Å². The van der Waals surface area contributed by atoms with Crippen LogP contribution in [-0.2, 0) is 0 Å². The first kappa shape index (κ1) is 31.1. The molecule has 0 aliphatic rings. The van der Waals surface area contributed by atoms with Crippen LogP contribution in [0, 0.1) is 13.8 Å². The quantitative estimate of drug-likeness (QED) is 0.187. The van der Waals surface area contributed by atoms with Gasteiger partial charge in [0.2, 0.25) is 0 Å². The van der Waals surface area contributed by atoms with Crippen molar-refractivity contribution in [3.05, 3.63) is 142 Å². The van der Waals surface area contributed by atoms with E-state index in [2.05, 4.69) is 26.6 Å². The molecule has 5 aromatic rings. The summed E-state index contributed by atoms with van der Waals surface area (Å²) in [7, 11) is 3.23. The van der Waals surface area contributed by atoms with Crippen molar-refractivity contribution >= 4 is 39.1 Å². The molecule has 7 heteroatoms. The van der Waals surface area contributed by atoms with Gasteiger partial charge in [-0.15, -0.1) is 0 Å². The highest BCUT2D eigenvalue weighted by atomic mass is 79.9. The fourth-order valence-electron chi connectivity index (χ4n) is 4.25. The molecule has 0 bridgehead atoms. The summed E-state index contributed by atoms with van der Waals surface area (Å²) in [6.07, 6.45) is 0. The number of halogens is 1. The van der Waals surface area contributed by atoms with Gasteiger partial charge in [-0.1, -0.05) is 76.6 Å². The van der Waals surface area contributed by atoms with E-state index in [4.69, 9.17) is 9.47 Å². The molecule has 0 aliphatic carbocycles. The summed E-state index contributed by atoms with van der Waals surface area (Å²) in [5, 5.41) is 5.89. The van der Waals surface area contributed by atoms with Gasteiger partial charge in [0.15, 0.2) is 11.5 Å². The van der Waals surface area contributed by atoms with Crippen molar-refractivity contribution < 1.29 is 19.1 Å². The predicted octanol–water partition coefficient (Wildman–Crippen LogP) is 8.94. The molecule has 0 fully saturated rings. The van der Waals surface area contributed by atoms with Gasteiger partial charge in [0.1, 0.15) is 0 Å². The average Bonchev–Trinajstić information content (AvgIpc) is 3.04. The second-order valence-electron chi connectivity index (χ2n) is 9.70. The maximum Gasteiger partial charge on any atom is 0.255 e. The molecular weight excluding hydrogens is 604 g/mol. The molecule has 0 aromatic heterocycles. The molecule has 0 atom stereocenters. The van der Waals surface area contributed by atoms with Gasteiger partial charge in [-0.25, -0.2) is 0 Å². The minimum absolute atomic E-state index is 0.0909. The van der Waals surface area contributed by atoms with E-state index in [0.717, 1.165) is 38.1 Å². The summed E-state index contributed by atoms with van der Waals surface area (Å²) >= 11 is 3.39. The Morgan fingerprint density at radius 2 is 1.02 bits per heavy atom. The molecule has 0 saturated carbocycles. The summed E-state index contributed by atoms with van der Waals surface area (Å²) in [6.45, 7) is 3.94. The second-order valence-corrected chi connectivity index (χ2v) is 10.6. The van der Waals surface area contributed by atoms with Crippen LogP contribution in [0.15, 0.2) is 120 Å². The number of amides is 2. The van der Waals surface area contributed by atoms with E-state index < -0.39 is 0 Å². The van der Waals surface area contributed by atoms with Gasteiger partial charge in [0, 0.05) is 27.0 Å². The molecule has 0 unspecified atom stereocenters. The zero-order chi connectivity index (χ0) is 30.8. The molecule has 0 radical (unpaired) electrons. The zero-order valence-electron chi connectivity index (χ0n) is 24.5. The van der Waals surface area contributed by atoms with Crippen molar-refractivity contribution in [1.82, 2.24) is 0 Å². The van der Waals surface area contributed by atoms with E-state index >= 15 is 0 Å². The van der Waals surface area contributed by atoms with Crippen molar-refractivity contribution in [3.63, 3.8) is 0 Å². The van der Waals surface area contributed by atoms with Gasteiger partial charge < -0.3 is 20.1 Å². The highest BCUT2D eigenvalue weighted by molar-refractivity contribution is 9.10. The van der Waals surface area contributed by atoms with Crippen LogP contribution >= 0.6 is 15.9 Å². The van der Waals surface area contributed by atoms with Crippen LogP contribution in [0.25, 0.3) is 11.1 Å². The third kappa shape index (κ3) is 8.33. The first-order valence-electron chi connectivity index (χ1n) is 13.6. The number of aryl methyl sites for hydroxylation is 2. The summed E-state index contributed by atoms with van der Waals surface area (Å²) in [5.74, 6) is 1.13. The zero-order valence-corrected chi connectivity index (χ0v) is 26.1. The Hall–Kier alpha value is -4.88. The van der Waals surface area contributed by atoms with Crippen LogP contribution in [0.4, 0.5) is 11.4 Å². The Labute approximate surface area is 260 Å². The molecule has 0 saturated heterocycles. The van der Waals surface area contributed by atoms with Crippen molar-refractivity contribution in [2.45, 2.75) is 13.8 Å². The third-order valence-corrected chi connectivity index (χ3v) is 7.22. The van der Waals surface area contributed by atoms with Crippen molar-refractivity contribution in [2.75, 3.05) is 24.9 Å². The van der Waals surface area contributed by atoms with E-state index in [1.54, 1.807) is 38.5 Å². The molecule has 6 nitrogen and oxygen atoms in total. The number of methoxy groups -OCH3 is 2.